The highest BCUT2D eigenvalue weighted by Gasteiger charge is 2.26. The van der Waals surface area contributed by atoms with Crippen molar-refractivity contribution in [1.82, 2.24) is 14.0 Å². The second-order valence-corrected chi connectivity index (χ2v) is 6.85. The number of benzene rings is 1. The molecule has 0 aliphatic carbocycles. The van der Waals surface area contributed by atoms with Gasteiger partial charge in [0.15, 0.2) is 5.69 Å². The van der Waals surface area contributed by atoms with Crippen molar-refractivity contribution in [3.05, 3.63) is 46.1 Å². The molecule has 0 unspecified atom stereocenters. The van der Waals surface area contributed by atoms with Gasteiger partial charge in [-0.2, -0.15) is 0 Å². The lowest BCUT2D eigenvalue weighted by Crippen LogP contribution is -2.46. The van der Waals surface area contributed by atoms with Crippen molar-refractivity contribution in [1.29, 1.82) is 0 Å². The van der Waals surface area contributed by atoms with Crippen molar-refractivity contribution in [3.63, 3.8) is 0 Å². The van der Waals surface area contributed by atoms with Crippen LogP contribution in [0.1, 0.15) is 23.1 Å². The zero-order chi connectivity index (χ0) is 20.3. The minimum Gasteiger partial charge on any atom is -0.495 e. The zero-order valence-electron chi connectivity index (χ0n) is 17.0. The highest BCUT2D eigenvalue weighted by molar-refractivity contribution is 5.89. The number of piperazine rings is 1. The van der Waals surface area contributed by atoms with Crippen molar-refractivity contribution >= 4 is 11.7 Å². The number of nitrogens with zero attached hydrogens (tertiary/aromatic N) is 4. The predicted molar refractivity (Wildman–Crippen MR) is 107 cm³/mol. The third-order valence-corrected chi connectivity index (χ3v) is 5.23. The Balaban J connectivity index is 1.74. The van der Waals surface area contributed by atoms with Crippen LogP contribution >= 0.6 is 0 Å². The van der Waals surface area contributed by atoms with Gasteiger partial charge in [-0.15, -0.1) is 0 Å². The van der Waals surface area contributed by atoms with Crippen LogP contribution in [0.15, 0.2) is 29.1 Å². The lowest BCUT2D eigenvalue weighted by molar-refractivity contribution is 0.0511. The summed E-state index contributed by atoms with van der Waals surface area (Å²) >= 11 is 0. The summed E-state index contributed by atoms with van der Waals surface area (Å²) in [6.07, 6.45) is 0. The molecule has 28 heavy (non-hydrogen) atoms. The van der Waals surface area contributed by atoms with Crippen LogP contribution in [0.2, 0.25) is 0 Å². The minimum absolute atomic E-state index is 0.217. The standard InChI is InChI=1S/C20H28N4O4/c1-5-28-19(25)18-16(21(2)20(26)22(18)3)14-23-10-12-24(13-11-23)15-8-6-7-9-17(15)27-4/h6-9H,5,10-14H2,1-4H3. The summed E-state index contributed by atoms with van der Waals surface area (Å²) in [7, 11) is 4.99. The molecule has 0 N–H and O–H groups in total. The first kappa shape index (κ1) is 20.0. The molecule has 0 amide bonds. The third kappa shape index (κ3) is 3.77. The van der Waals surface area contributed by atoms with Crippen LogP contribution < -0.4 is 15.3 Å². The van der Waals surface area contributed by atoms with Gasteiger partial charge in [0.05, 0.1) is 25.1 Å². The van der Waals surface area contributed by atoms with Crippen LogP contribution in [0.5, 0.6) is 5.75 Å². The number of esters is 1. The SMILES string of the molecule is CCOC(=O)c1c(CN2CCN(c3ccccc3OC)CC2)n(C)c(=O)n1C. The second kappa shape index (κ2) is 8.52. The number of ether oxygens (including phenoxy) is 2. The summed E-state index contributed by atoms with van der Waals surface area (Å²) in [5.74, 6) is 0.413. The smallest absolute Gasteiger partial charge is 0.356 e. The third-order valence-electron chi connectivity index (χ3n) is 5.23. The first-order valence-electron chi connectivity index (χ1n) is 9.50. The van der Waals surface area contributed by atoms with E-state index in [-0.39, 0.29) is 12.3 Å². The van der Waals surface area contributed by atoms with Crippen LogP contribution in [0.4, 0.5) is 5.69 Å². The first-order valence-corrected chi connectivity index (χ1v) is 9.50. The Morgan fingerprint density at radius 2 is 1.75 bits per heavy atom. The normalized spacial score (nSPS) is 14.9. The van der Waals surface area contributed by atoms with Gasteiger partial charge in [-0.05, 0) is 19.1 Å². The highest BCUT2D eigenvalue weighted by atomic mass is 16.5. The average Bonchev–Trinajstić information content (AvgIpc) is 2.92. The number of rotatable bonds is 6. The molecule has 2 aromatic rings. The molecule has 2 heterocycles. The van der Waals surface area contributed by atoms with Gasteiger partial charge in [-0.25, -0.2) is 9.59 Å². The molecule has 0 bridgehead atoms. The van der Waals surface area contributed by atoms with Crippen LogP contribution in [-0.4, -0.2) is 59.9 Å². The van der Waals surface area contributed by atoms with Gasteiger partial charge in [0.1, 0.15) is 5.75 Å². The molecule has 152 valence electrons. The lowest BCUT2D eigenvalue weighted by atomic mass is 10.2. The number of imidazole rings is 1. The number of aromatic nitrogens is 2. The van der Waals surface area contributed by atoms with Gasteiger partial charge in [0, 0.05) is 46.8 Å². The summed E-state index contributed by atoms with van der Waals surface area (Å²) in [6, 6.07) is 8.00. The Bertz CT molecular complexity index is 894. The largest absolute Gasteiger partial charge is 0.495 e. The van der Waals surface area contributed by atoms with Gasteiger partial charge < -0.3 is 14.4 Å². The molecular weight excluding hydrogens is 360 g/mol. The molecule has 1 aliphatic heterocycles. The van der Waals surface area contributed by atoms with E-state index in [1.54, 1.807) is 32.7 Å². The number of carbonyl (C=O) groups excluding carboxylic acids is 1. The van der Waals surface area contributed by atoms with Crippen molar-refractivity contribution in [2.75, 3.05) is 44.8 Å². The minimum atomic E-state index is -0.453. The first-order chi connectivity index (χ1) is 13.5. The molecule has 0 atom stereocenters. The number of hydrogen-bond acceptors (Lipinski definition) is 6. The van der Waals surface area contributed by atoms with Gasteiger partial charge in [-0.3, -0.25) is 14.0 Å². The summed E-state index contributed by atoms with van der Waals surface area (Å²) < 4.78 is 13.5. The van der Waals surface area contributed by atoms with E-state index < -0.39 is 5.97 Å². The van der Waals surface area contributed by atoms with Crippen molar-refractivity contribution in [2.24, 2.45) is 14.1 Å². The maximum absolute atomic E-state index is 12.4. The molecule has 1 fully saturated rings. The zero-order valence-corrected chi connectivity index (χ0v) is 17.0. The number of anilines is 1. The summed E-state index contributed by atoms with van der Waals surface area (Å²) in [6.45, 7) is 5.90. The van der Waals surface area contributed by atoms with Crippen LogP contribution in [0.25, 0.3) is 0 Å². The molecule has 1 aliphatic rings. The molecule has 3 rings (SSSR count). The van der Waals surface area contributed by atoms with E-state index in [1.165, 1.54) is 4.57 Å². The number of carbonyl (C=O) groups is 1. The van der Waals surface area contributed by atoms with Gasteiger partial charge >= 0.3 is 11.7 Å². The number of para-hydroxylation sites is 2. The Morgan fingerprint density at radius 3 is 2.39 bits per heavy atom. The van der Waals surface area contributed by atoms with Gasteiger partial charge in [0.2, 0.25) is 0 Å². The lowest BCUT2D eigenvalue weighted by Gasteiger charge is -2.36. The topological polar surface area (TPSA) is 68.9 Å². The molecule has 8 heteroatoms. The molecular formula is C20H28N4O4. The fourth-order valence-corrected chi connectivity index (χ4v) is 3.67. The average molecular weight is 388 g/mol. The molecule has 1 saturated heterocycles. The van der Waals surface area contributed by atoms with E-state index in [4.69, 9.17) is 9.47 Å². The number of methoxy groups -OCH3 is 1. The second-order valence-electron chi connectivity index (χ2n) is 6.85. The molecule has 0 saturated carbocycles. The Hall–Kier alpha value is -2.74. The monoisotopic (exact) mass is 388 g/mol. The predicted octanol–water partition coefficient (Wildman–Crippen LogP) is 1.23. The Kier molecular flexibility index (Phi) is 6.08. The van der Waals surface area contributed by atoms with Crippen LogP contribution in [0, 0.1) is 0 Å². The van der Waals surface area contributed by atoms with E-state index in [0.717, 1.165) is 37.6 Å². The van der Waals surface area contributed by atoms with Crippen LogP contribution in [-0.2, 0) is 25.4 Å². The van der Waals surface area contributed by atoms with E-state index in [2.05, 4.69) is 15.9 Å². The van der Waals surface area contributed by atoms with Crippen molar-refractivity contribution < 1.29 is 14.3 Å². The van der Waals surface area contributed by atoms with Crippen molar-refractivity contribution in [2.45, 2.75) is 13.5 Å². The van der Waals surface area contributed by atoms with Crippen molar-refractivity contribution in [3.8, 4) is 5.75 Å². The molecule has 0 radical (unpaired) electrons. The van der Waals surface area contributed by atoms with Gasteiger partial charge in [0.25, 0.3) is 0 Å². The summed E-state index contributed by atoms with van der Waals surface area (Å²) in [4.78, 5) is 29.3. The molecule has 1 aromatic heterocycles. The fourth-order valence-electron chi connectivity index (χ4n) is 3.67. The quantitative estimate of drug-likeness (QED) is 0.694. The summed E-state index contributed by atoms with van der Waals surface area (Å²) in [5.41, 5.74) is 1.90. The van der Waals surface area contributed by atoms with Crippen LogP contribution in [0.3, 0.4) is 0 Å². The maximum Gasteiger partial charge on any atom is 0.356 e. The summed E-state index contributed by atoms with van der Waals surface area (Å²) in [5, 5.41) is 0. The fraction of sp³-hybridized carbons (Fsp3) is 0.500. The Morgan fingerprint density at radius 1 is 1.07 bits per heavy atom. The van der Waals surface area contributed by atoms with E-state index in [9.17, 15) is 9.59 Å². The highest BCUT2D eigenvalue weighted by Crippen LogP contribution is 2.28. The van der Waals surface area contributed by atoms with E-state index in [1.807, 2.05) is 18.2 Å². The molecule has 1 aromatic carbocycles. The molecule has 0 spiro atoms. The molecule has 8 nitrogen and oxygen atoms in total. The van der Waals surface area contributed by atoms with E-state index >= 15 is 0 Å². The Labute approximate surface area is 164 Å². The van der Waals surface area contributed by atoms with Gasteiger partial charge in [-0.1, -0.05) is 12.1 Å². The number of hydrogen-bond donors (Lipinski definition) is 0. The maximum atomic E-state index is 12.4. The van der Waals surface area contributed by atoms with E-state index in [0.29, 0.717) is 17.9 Å².